The van der Waals surface area contributed by atoms with Crippen LogP contribution in [0.3, 0.4) is 0 Å². The highest BCUT2D eigenvalue weighted by Crippen LogP contribution is 2.36. The molecular weight excluding hydrogens is 398 g/mol. The Morgan fingerprint density at radius 1 is 1.07 bits per heavy atom. The number of benzene rings is 1. The number of phenols is 1. The van der Waals surface area contributed by atoms with Crippen LogP contribution in [-0.2, 0) is 33.3 Å². The molecule has 0 bridgehead atoms. The minimum atomic E-state index is -1.19. The van der Waals surface area contributed by atoms with E-state index in [1.165, 1.54) is 37.6 Å². The largest absolute Gasteiger partial charge is 0.507 e. The highest BCUT2D eigenvalue weighted by molar-refractivity contribution is 6.01. The molecule has 1 N–H and O–H groups in total. The summed E-state index contributed by atoms with van der Waals surface area (Å²) in [6.07, 6.45) is -2.36. The fourth-order valence-corrected chi connectivity index (χ4v) is 3.58. The summed E-state index contributed by atoms with van der Waals surface area (Å²) in [5.74, 6) is -2.08. The number of ether oxygens (including phenoxy) is 4. The van der Waals surface area contributed by atoms with Crippen molar-refractivity contribution in [1.82, 2.24) is 4.57 Å². The van der Waals surface area contributed by atoms with Crippen molar-refractivity contribution in [3.63, 3.8) is 0 Å². The number of fused-ring (bicyclic) bond motifs is 1. The fourth-order valence-electron chi connectivity index (χ4n) is 3.58. The van der Waals surface area contributed by atoms with Crippen LogP contribution >= 0.6 is 0 Å². The number of aromatic nitrogens is 1. The Morgan fingerprint density at radius 2 is 1.70 bits per heavy atom. The highest BCUT2D eigenvalue weighted by atomic mass is 16.6. The van der Waals surface area contributed by atoms with Crippen molar-refractivity contribution < 1.29 is 43.2 Å². The Hall–Kier alpha value is -3.40. The van der Waals surface area contributed by atoms with Crippen LogP contribution in [0.4, 0.5) is 0 Å². The summed E-state index contributed by atoms with van der Waals surface area (Å²) in [7, 11) is 0. The van der Waals surface area contributed by atoms with Gasteiger partial charge in [0.1, 0.15) is 5.75 Å². The molecule has 1 aliphatic heterocycles. The maximum Gasteiger partial charge on any atom is 0.303 e. The maximum absolute atomic E-state index is 11.8. The predicted molar refractivity (Wildman–Crippen MR) is 101 cm³/mol. The summed E-state index contributed by atoms with van der Waals surface area (Å²) in [6.45, 7) is 3.38. The first-order chi connectivity index (χ1) is 14.2. The molecule has 0 spiro atoms. The van der Waals surface area contributed by atoms with Gasteiger partial charge in [-0.15, -0.1) is 0 Å². The molecule has 10 nitrogen and oxygen atoms in total. The monoisotopic (exact) mass is 419 g/mol. The van der Waals surface area contributed by atoms with Crippen LogP contribution in [0.1, 0.15) is 37.4 Å². The van der Waals surface area contributed by atoms with Crippen molar-refractivity contribution in [1.29, 1.82) is 0 Å². The fraction of sp³-hybridized carbons (Fsp3) is 0.400. The van der Waals surface area contributed by atoms with Gasteiger partial charge in [0.05, 0.1) is 17.5 Å². The zero-order valence-corrected chi connectivity index (χ0v) is 16.6. The minimum absolute atomic E-state index is 0.109. The number of carbonyl (C=O) groups excluding carboxylic acids is 4. The van der Waals surface area contributed by atoms with E-state index in [1.807, 2.05) is 0 Å². The molecule has 1 aliphatic rings. The average molecular weight is 419 g/mol. The number of phenolic OH excluding ortho intramolecular Hbond substituents is 1. The standard InChI is InChI=1S/C20H21NO9/c1-10(23)28-16-9-27-20(19(30-12(3)25)18(16)29-11(2)24)21-7-13(8-22)17-14(21)5-4-6-15(17)26/h4-8,16,18-20,26H,9H2,1-3H3/t16-,18+,19-,20-/m1/s1. The van der Waals surface area contributed by atoms with Gasteiger partial charge in [-0.05, 0) is 12.1 Å². The molecule has 2 aromatic rings. The summed E-state index contributed by atoms with van der Waals surface area (Å²) in [5, 5.41) is 10.5. The molecule has 1 aromatic carbocycles. The van der Waals surface area contributed by atoms with Gasteiger partial charge in [-0.2, -0.15) is 0 Å². The third kappa shape index (κ3) is 4.13. The summed E-state index contributed by atoms with van der Waals surface area (Å²) in [4.78, 5) is 46.5. The number of hydrogen-bond donors (Lipinski definition) is 1. The van der Waals surface area contributed by atoms with E-state index in [-0.39, 0.29) is 17.9 Å². The summed E-state index contributed by atoms with van der Waals surface area (Å²) in [6, 6.07) is 4.66. The summed E-state index contributed by atoms with van der Waals surface area (Å²) >= 11 is 0. The second kappa shape index (κ2) is 8.54. The Balaban J connectivity index is 2.11. The Kier molecular flexibility index (Phi) is 6.06. The van der Waals surface area contributed by atoms with Gasteiger partial charge in [0.25, 0.3) is 0 Å². The lowest BCUT2D eigenvalue weighted by atomic mass is 10.0. The lowest BCUT2D eigenvalue weighted by molar-refractivity contribution is -0.239. The number of aromatic hydroxyl groups is 1. The zero-order valence-electron chi connectivity index (χ0n) is 16.6. The average Bonchev–Trinajstić information content (AvgIpc) is 3.03. The summed E-state index contributed by atoms with van der Waals surface area (Å²) in [5.41, 5.74) is 0.631. The van der Waals surface area contributed by atoms with Gasteiger partial charge in [-0.1, -0.05) is 6.07 Å². The molecule has 10 heteroatoms. The van der Waals surface area contributed by atoms with Crippen LogP contribution in [0.25, 0.3) is 10.9 Å². The molecule has 0 unspecified atom stereocenters. The van der Waals surface area contributed by atoms with Crippen molar-refractivity contribution in [3.05, 3.63) is 30.0 Å². The van der Waals surface area contributed by atoms with Crippen LogP contribution in [0, 0.1) is 0 Å². The molecule has 4 atom stereocenters. The first-order valence-corrected chi connectivity index (χ1v) is 9.14. The van der Waals surface area contributed by atoms with Crippen LogP contribution in [0.5, 0.6) is 5.75 Å². The molecule has 2 heterocycles. The van der Waals surface area contributed by atoms with Gasteiger partial charge >= 0.3 is 17.9 Å². The first-order valence-electron chi connectivity index (χ1n) is 9.14. The van der Waals surface area contributed by atoms with Gasteiger partial charge in [0, 0.05) is 32.5 Å². The van der Waals surface area contributed by atoms with E-state index in [9.17, 15) is 24.3 Å². The van der Waals surface area contributed by atoms with Crippen molar-refractivity contribution >= 4 is 35.1 Å². The number of esters is 3. The molecule has 1 saturated heterocycles. The molecule has 0 amide bonds. The zero-order chi connectivity index (χ0) is 22.0. The second-order valence-electron chi connectivity index (χ2n) is 6.80. The van der Waals surface area contributed by atoms with Gasteiger partial charge in [0.15, 0.2) is 30.8 Å². The minimum Gasteiger partial charge on any atom is -0.507 e. The third-order valence-corrected chi connectivity index (χ3v) is 4.59. The van der Waals surface area contributed by atoms with Crippen molar-refractivity contribution in [2.45, 2.75) is 45.3 Å². The highest BCUT2D eigenvalue weighted by Gasteiger charge is 2.48. The molecule has 3 rings (SSSR count). The molecule has 1 fully saturated rings. The predicted octanol–water partition coefficient (Wildman–Crippen LogP) is 1.48. The number of carbonyl (C=O) groups is 4. The van der Waals surface area contributed by atoms with E-state index in [1.54, 1.807) is 12.1 Å². The van der Waals surface area contributed by atoms with Crippen LogP contribution in [0.2, 0.25) is 0 Å². The SMILES string of the molecule is CC(=O)O[C@@H]1[C@@H](OC(C)=O)[C@H](OC(C)=O)CO[C@H]1n1cc(C=O)c2c(O)cccc21. The Morgan fingerprint density at radius 3 is 2.30 bits per heavy atom. The number of nitrogens with zero attached hydrogens (tertiary/aromatic N) is 1. The van der Waals surface area contributed by atoms with Gasteiger partial charge in [-0.25, -0.2) is 0 Å². The lowest BCUT2D eigenvalue weighted by Crippen LogP contribution is -2.55. The van der Waals surface area contributed by atoms with E-state index < -0.39 is 42.4 Å². The molecule has 30 heavy (non-hydrogen) atoms. The van der Waals surface area contributed by atoms with Crippen molar-refractivity contribution in [2.75, 3.05) is 6.61 Å². The van der Waals surface area contributed by atoms with Crippen LogP contribution in [0.15, 0.2) is 24.4 Å². The quantitative estimate of drug-likeness (QED) is 0.435. The normalized spacial score (nSPS) is 23.6. The molecule has 160 valence electrons. The Labute approximate surface area is 171 Å². The van der Waals surface area contributed by atoms with E-state index in [0.29, 0.717) is 17.2 Å². The molecule has 1 aromatic heterocycles. The van der Waals surface area contributed by atoms with Crippen LogP contribution in [-0.4, -0.2) is 58.8 Å². The van der Waals surface area contributed by atoms with Crippen LogP contribution < -0.4 is 0 Å². The molecule has 0 saturated carbocycles. The molecular formula is C20H21NO9. The van der Waals surface area contributed by atoms with Crippen molar-refractivity contribution in [2.24, 2.45) is 0 Å². The second-order valence-corrected chi connectivity index (χ2v) is 6.80. The number of rotatable bonds is 5. The third-order valence-electron chi connectivity index (χ3n) is 4.59. The number of hydrogen-bond acceptors (Lipinski definition) is 9. The van der Waals surface area contributed by atoms with E-state index >= 15 is 0 Å². The molecule has 0 radical (unpaired) electrons. The van der Waals surface area contributed by atoms with Gasteiger partial charge in [0.2, 0.25) is 0 Å². The molecule has 0 aliphatic carbocycles. The summed E-state index contributed by atoms with van der Waals surface area (Å²) < 4.78 is 23.3. The Bertz CT molecular complexity index is 996. The van der Waals surface area contributed by atoms with Gasteiger partial charge < -0.3 is 28.6 Å². The number of aldehydes is 1. The van der Waals surface area contributed by atoms with Crippen molar-refractivity contribution in [3.8, 4) is 5.75 Å². The lowest BCUT2D eigenvalue weighted by Gasteiger charge is -2.41. The maximum atomic E-state index is 11.8. The van der Waals surface area contributed by atoms with Gasteiger partial charge in [-0.3, -0.25) is 19.2 Å². The first kappa shape index (κ1) is 21.3. The topological polar surface area (TPSA) is 130 Å². The smallest absolute Gasteiger partial charge is 0.303 e. The van der Waals surface area contributed by atoms with E-state index in [0.717, 1.165) is 0 Å². The van der Waals surface area contributed by atoms with E-state index in [2.05, 4.69) is 0 Å². The van der Waals surface area contributed by atoms with E-state index in [4.69, 9.17) is 18.9 Å².